The molecule has 0 amide bonds. The minimum absolute atomic E-state index is 0. The van der Waals surface area contributed by atoms with E-state index in [9.17, 15) is 9.59 Å². The van der Waals surface area contributed by atoms with Crippen molar-refractivity contribution in [2.75, 3.05) is 0 Å². The van der Waals surface area contributed by atoms with Crippen LogP contribution in [0.4, 0.5) is 0 Å². The fourth-order valence-corrected chi connectivity index (χ4v) is 0.143. The summed E-state index contributed by atoms with van der Waals surface area (Å²) in [7, 11) is 0. The Morgan fingerprint density at radius 2 is 1.22 bits per heavy atom. The maximum atomic E-state index is 9.55. The van der Waals surface area contributed by atoms with Gasteiger partial charge in [-0.1, -0.05) is 0 Å². The number of rotatable bonds is 2. The van der Waals surface area contributed by atoms with E-state index < -0.39 is 11.9 Å². The normalized spacial score (nSPS) is 8.44. The van der Waals surface area contributed by atoms with Crippen LogP contribution in [0.2, 0.25) is 0 Å². The lowest BCUT2D eigenvalue weighted by Gasteiger charge is -1.74. The van der Waals surface area contributed by atoms with Crippen molar-refractivity contribution in [1.82, 2.24) is 0 Å². The molecule has 0 aromatic heterocycles. The topological polar surface area (TPSA) is 74.6 Å². The summed E-state index contributed by atoms with van der Waals surface area (Å²) in [5, 5.41) is 15.6. The van der Waals surface area contributed by atoms with Gasteiger partial charge in [-0.2, -0.15) is 0 Å². The van der Waals surface area contributed by atoms with E-state index in [4.69, 9.17) is 10.2 Å². The van der Waals surface area contributed by atoms with Gasteiger partial charge in [0.1, 0.15) is 0 Å². The van der Waals surface area contributed by atoms with Gasteiger partial charge in [-0.3, -0.25) is 0 Å². The molecule has 0 rings (SSSR count). The molecule has 52 valence electrons. The van der Waals surface area contributed by atoms with Crippen LogP contribution in [-0.4, -0.2) is 33.1 Å². The molecule has 2 N–H and O–H groups in total. The molecule has 9 heavy (non-hydrogen) atoms. The molecule has 0 spiro atoms. The first-order chi connectivity index (χ1) is 3.63. The van der Waals surface area contributed by atoms with E-state index in [1.807, 2.05) is 0 Å². The van der Waals surface area contributed by atoms with Crippen LogP contribution in [0.1, 0.15) is 0 Å². The van der Waals surface area contributed by atoms with Gasteiger partial charge in [0.15, 0.2) is 0 Å². The summed E-state index contributed by atoms with van der Waals surface area (Å²) in [4.78, 5) is 19.1. The Kier molecular flexibility index (Phi) is 6.05. The zero-order valence-electron chi connectivity index (χ0n) is 3.87. The fourth-order valence-electron chi connectivity index (χ4n) is 0.143. The van der Waals surface area contributed by atoms with Crippen LogP contribution in [0.3, 0.4) is 0 Å². The lowest BCUT2D eigenvalue weighted by molar-refractivity contribution is -0.134. The molecule has 0 heterocycles. The van der Waals surface area contributed by atoms with Crippen molar-refractivity contribution < 1.29 is 19.8 Å². The predicted octanol–water partition coefficient (Wildman–Crippen LogP) is -1.74. The molecule has 0 saturated heterocycles. The second-order valence-corrected chi connectivity index (χ2v) is 1.01. The summed E-state index contributed by atoms with van der Waals surface area (Å²) in [6.07, 6.45) is 1.12. The Labute approximate surface area is 55.8 Å². The zero-order chi connectivity index (χ0) is 6.57. The Morgan fingerprint density at radius 3 is 1.33 bits per heavy atom. The van der Waals surface area contributed by atoms with Gasteiger partial charge in [0.2, 0.25) is 0 Å². The minimum Gasteiger partial charge on any atom is -0.478 e. The SMILES string of the molecule is O=C(O)/C=C\C(=O)O.[SiH4]. The maximum Gasteiger partial charge on any atom is 0.328 e. The van der Waals surface area contributed by atoms with Crippen molar-refractivity contribution in [3.63, 3.8) is 0 Å². The fraction of sp³-hybridized carbons (Fsp3) is 0. The molecule has 0 fully saturated rings. The van der Waals surface area contributed by atoms with Gasteiger partial charge < -0.3 is 10.2 Å². The van der Waals surface area contributed by atoms with Crippen LogP contribution in [0.5, 0.6) is 0 Å². The molecular weight excluding hydrogens is 140 g/mol. The molecule has 0 atom stereocenters. The number of hydrogen-bond acceptors (Lipinski definition) is 2. The molecule has 5 heteroatoms. The lowest BCUT2D eigenvalue weighted by atomic mass is 10.5. The van der Waals surface area contributed by atoms with E-state index in [0.717, 1.165) is 0 Å². The molecule has 0 aliphatic heterocycles. The van der Waals surface area contributed by atoms with Crippen molar-refractivity contribution in [1.29, 1.82) is 0 Å². The predicted molar refractivity (Wildman–Crippen MR) is 35.7 cm³/mol. The van der Waals surface area contributed by atoms with Crippen LogP contribution < -0.4 is 0 Å². The highest BCUT2D eigenvalue weighted by Crippen LogP contribution is 1.70. The number of carbonyl (C=O) groups is 2. The smallest absolute Gasteiger partial charge is 0.328 e. The van der Waals surface area contributed by atoms with Crippen LogP contribution in [0.25, 0.3) is 0 Å². The summed E-state index contributed by atoms with van der Waals surface area (Å²) in [6.45, 7) is 0. The Balaban J connectivity index is 0. The van der Waals surface area contributed by atoms with Crippen LogP contribution in [0, 0.1) is 0 Å². The van der Waals surface area contributed by atoms with E-state index in [-0.39, 0.29) is 11.0 Å². The average Bonchev–Trinajstić information content (AvgIpc) is 1.61. The zero-order valence-corrected chi connectivity index (χ0v) is 3.87. The molecule has 0 saturated carbocycles. The highest BCUT2D eigenvalue weighted by molar-refractivity contribution is 5.89. The van der Waals surface area contributed by atoms with Gasteiger partial charge in [0, 0.05) is 12.2 Å². The molecule has 0 aliphatic carbocycles. The van der Waals surface area contributed by atoms with Crippen LogP contribution >= 0.6 is 0 Å². The standard InChI is InChI=1S/C4H4O4.H4Si/c5-3(6)1-2-4(7)8;/h1-2H,(H,5,6)(H,7,8);1H4/b2-1-;. The summed E-state index contributed by atoms with van der Waals surface area (Å²) < 4.78 is 0. The third kappa shape index (κ3) is 10.9. The number of carboxylic acids is 2. The van der Waals surface area contributed by atoms with Gasteiger partial charge in [-0.05, 0) is 11.0 Å². The number of hydrogen-bond donors (Lipinski definition) is 2. The van der Waals surface area contributed by atoms with Crippen LogP contribution in [0.15, 0.2) is 12.2 Å². The van der Waals surface area contributed by atoms with Crippen LogP contribution in [-0.2, 0) is 9.59 Å². The van der Waals surface area contributed by atoms with Gasteiger partial charge in [0.05, 0.1) is 0 Å². The summed E-state index contributed by atoms with van der Waals surface area (Å²) in [5.41, 5.74) is 0. The first-order valence-electron chi connectivity index (χ1n) is 1.77. The maximum absolute atomic E-state index is 9.55. The highest BCUT2D eigenvalue weighted by atomic mass is 28.1. The van der Waals surface area contributed by atoms with Crippen molar-refractivity contribution >= 4 is 22.9 Å². The van der Waals surface area contributed by atoms with Crippen molar-refractivity contribution in [3.8, 4) is 0 Å². The minimum atomic E-state index is -1.26. The third-order valence-corrected chi connectivity index (χ3v) is 0.368. The average molecular weight is 148 g/mol. The summed E-state index contributed by atoms with van der Waals surface area (Å²) in [5.74, 6) is -2.51. The molecule has 0 radical (unpaired) electrons. The van der Waals surface area contributed by atoms with E-state index in [2.05, 4.69) is 0 Å². The van der Waals surface area contributed by atoms with Gasteiger partial charge in [-0.15, -0.1) is 0 Å². The molecule has 0 aliphatic rings. The highest BCUT2D eigenvalue weighted by Gasteiger charge is 1.88. The lowest BCUT2D eigenvalue weighted by Crippen LogP contribution is -1.91. The van der Waals surface area contributed by atoms with Gasteiger partial charge in [-0.25, -0.2) is 9.59 Å². The van der Waals surface area contributed by atoms with Gasteiger partial charge in [0.25, 0.3) is 0 Å². The Hall–Kier alpha value is -1.10. The summed E-state index contributed by atoms with van der Waals surface area (Å²) >= 11 is 0. The van der Waals surface area contributed by atoms with Crippen molar-refractivity contribution in [2.24, 2.45) is 0 Å². The largest absolute Gasteiger partial charge is 0.478 e. The van der Waals surface area contributed by atoms with E-state index in [1.165, 1.54) is 0 Å². The molecule has 0 bridgehead atoms. The van der Waals surface area contributed by atoms with E-state index in [0.29, 0.717) is 12.2 Å². The van der Waals surface area contributed by atoms with Crippen molar-refractivity contribution in [2.45, 2.75) is 0 Å². The van der Waals surface area contributed by atoms with Crippen molar-refractivity contribution in [3.05, 3.63) is 12.2 Å². The second-order valence-electron chi connectivity index (χ2n) is 1.01. The molecule has 4 nitrogen and oxygen atoms in total. The van der Waals surface area contributed by atoms with E-state index in [1.54, 1.807) is 0 Å². The first kappa shape index (κ1) is 10.8. The Morgan fingerprint density at radius 1 is 1.00 bits per heavy atom. The molecule has 0 aromatic rings. The summed E-state index contributed by atoms with van der Waals surface area (Å²) in [6, 6.07) is 0. The molecule has 0 aromatic carbocycles. The Bertz CT molecular complexity index is 124. The van der Waals surface area contributed by atoms with E-state index >= 15 is 0 Å². The molecular formula is C4H8O4Si. The monoisotopic (exact) mass is 148 g/mol. The quantitative estimate of drug-likeness (QED) is 0.360. The molecule has 0 unspecified atom stereocenters. The second kappa shape index (κ2) is 5.04. The first-order valence-corrected chi connectivity index (χ1v) is 1.77. The van der Waals surface area contributed by atoms with Gasteiger partial charge >= 0.3 is 11.9 Å². The number of carboxylic acid groups (broad SMARTS) is 2. The number of aliphatic carboxylic acids is 2. The third-order valence-electron chi connectivity index (χ3n) is 0.368.